The van der Waals surface area contributed by atoms with Gasteiger partial charge in [-0.3, -0.25) is 19.2 Å². The van der Waals surface area contributed by atoms with Crippen molar-refractivity contribution in [2.45, 2.75) is 329 Å². The molecule has 2 N–H and O–H groups in total. The standard InChI is InChI=1S/C69H112O9/c1-4-7-10-13-16-19-22-25-28-31-34-37-40-43-46-49-59(71)64-60(72)56-61-65(68(64)77-62(73)50-47-44-41-38-35-32-29-26-23-20-17-14-11-8-5-2)66(75)69(67(76-61)57-52-54-58(70)55-53-57)78-63(74)51-48-45-42-39-36-33-30-27-24-21-18-15-12-9-6-3/h52-56,70,72H,4-51H2,1-3H3. The van der Waals surface area contributed by atoms with E-state index in [0.717, 1.165) is 57.8 Å². The van der Waals surface area contributed by atoms with Gasteiger partial charge in [-0.2, -0.15) is 0 Å². The third kappa shape index (κ3) is 30.4. The zero-order valence-corrected chi connectivity index (χ0v) is 50.1. The first-order valence-electron chi connectivity index (χ1n) is 32.8. The maximum absolute atomic E-state index is 14.9. The number of carbonyl (C=O) groups is 3. The Morgan fingerprint density at radius 3 is 1.03 bits per heavy atom. The molecule has 0 unspecified atom stereocenters. The van der Waals surface area contributed by atoms with Crippen LogP contribution in [0.3, 0.4) is 0 Å². The molecule has 0 radical (unpaired) electrons. The summed E-state index contributed by atoms with van der Waals surface area (Å²) in [5.74, 6) is -2.96. The van der Waals surface area contributed by atoms with Crippen LogP contribution in [0.2, 0.25) is 0 Å². The van der Waals surface area contributed by atoms with Gasteiger partial charge in [-0.05, 0) is 43.5 Å². The molecule has 0 spiro atoms. The molecule has 0 aliphatic heterocycles. The lowest BCUT2D eigenvalue weighted by Gasteiger charge is -2.16. The van der Waals surface area contributed by atoms with Crippen molar-refractivity contribution in [1.82, 2.24) is 0 Å². The summed E-state index contributed by atoms with van der Waals surface area (Å²) in [7, 11) is 0. The number of esters is 2. The second-order valence-electron chi connectivity index (χ2n) is 23.1. The fourth-order valence-electron chi connectivity index (χ4n) is 11.0. The van der Waals surface area contributed by atoms with Crippen LogP contribution in [0.25, 0.3) is 22.3 Å². The first-order valence-corrected chi connectivity index (χ1v) is 32.8. The minimum absolute atomic E-state index is 0.00763. The molecule has 0 aliphatic rings. The average Bonchev–Trinajstić information content (AvgIpc) is 3.61. The monoisotopic (exact) mass is 1080 g/mol. The number of carbonyl (C=O) groups excluding carboxylic acids is 3. The van der Waals surface area contributed by atoms with Gasteiger partial charge in [-0.25, -0.2) is 0 Å². The number of unbranched alkanes of at least 4 members (excludes halogenated alkanes) is 42. The van der Waals surface area contributed by atoms with E-state index in [4.69, 9.17) is 13.9 Å². The van der Waals surface area contributed by atoms with Gasteiger partial charge in [0.2, 0.25) is 11.2 Å². The molecule has 0 atom stereocenters. The number of phenolic OH excluding ortho intramolecular Hbond substituents is 2. The number of hydrogen-bond acceptors (Lipinski definition) is 9. The van der Waals surface area contributed by atoms with E-state index in [-0.39, 0.29) is 53.1 Å². The van der Waals surface area contributed by atoms with Crippen LogP contribution in [0.5, 0.6) is 23.0 Å². The number of ether oxygens (including phenoxy) is 2. The van der Waals surface area contributed by atoms with E-state index < -0.39 is 34.6 Å². The second-order valence-corrected chi connectivity index (χ2v) is 23.1. The second kappa shape index (κ2) is 45.6. The Kier molecular flexibility index (Phi) is 39.8. The number of fused-ring (bicyclic) bond motifs is 1. The minimum atomic E-state index is -0.792. The lowest BCUT2D eigenvalue weighted by Crippen LogP contribution is -2.19. The molecule has 2 aromatic carbocycles. The molecule has 9 heteroatoms. The number of rotatable bonds is 52. The third-order valence-electron chi connectivity index (χ3n) is 15.9. The molecule has 0 saturated heterocycles. The van der Waals surface area contributed by atoms with Gasteiger partial charge in [0.05, 0.1) is 0 Å². The van der Waals surface area contributed by atoms with Crippen molar-refractivity contribution in [3.8, 4) is 34.3 Å². The quantitative estimate of drug-likeness (QED) is 0.0245. The smallest absolute Gasteiger partial charge is 0.311 e. The number of ketones is 1. The third-order valence-corrected chi connectivity index (χ3v) is 15.9. The van der Waals surface area contributed by atoms with Crippen molar-refractivity contribution < 1.29 is 38.5 Å². The van der Waals surface area contributed by atoms with Gasteiger partial charge < -0.3 is 24.1 Å². The molecular formula is C69H112O9. The van der Waals surface area contributed by atoms with Crippen molar-refractivity contribution in [3.05, 3.63) is 46.1 Å². The Balaban J connectivity index is 1.68. The molecular weight excluding hydrogens is 973 g/mol. The van der Waals surface area contributed by atoms with Crippen LogP contribution in [-0.2, 0) is 9.59 Å². The van der Waals surface area contributed by atoms with Crippen molar-refractivity contribution in [2.24, 2.45) is 0 Å². The largest absolute Gasteiger partial charge is 0.508 e. The first kappa shape index (κ1) is 68.1. The van der Waals surface area contributed by atoms with E-state index in [1.807, 2.05) is 0 Å². The summed E-state index contributed by atoms with van der Waals surface area (Å²) in [6.07, 6.45) is 53.9. The number of aromatic hydroxyl groups is 2. The summed E-state index contributed by atoms with van der Waals surface area (Å²) >= 11 is 0. The van der Waals surface area contributed by atoms with Crippen molar-refractivity contribution in [1.29, 1.82) is 0 Å². The van der Waals surface area contributed by atoms with Crippen molar-refractivity contribution in [2.75, 3.05) is 0 Å². The minimum Gasteiger partial charge on any atom is -0.508 e. The summed E-state index contributed by atoms with van der Waals surface area (Å²) in [4.78, 5) is 56.4. The summed E-state index contributed by atoms with van der Waals surface area (Å²) in [6.45, 7) is 6.77. The molecule has 0 aliphatic carbocycles. The van der Waals surface area contributed by atoms with Gasteiger partial charge in [0.15, 0.2) is 17.3 Å². The van der Waals surface area contributed by atoms with E-state index in [1.165, 1.54) is 230 Å². The molecule has 0 saturated carbocycles. The van der Waals surface area contributed by atoms with Crippen LogP contribution in [0, 0.1) is 0 Å². The summed E-state index contributed by atoms with van der Waals surface area (Å²) in [5, 5.41) is 21.5. The molecule has 0 fully saturated rings. The number of Topliss-reactive ketones (excluding diaryl/α,β-unsaturated/α-hetero) is 1. The number of hydrogen-bond donors (Lipinski definition) is 2. The molecule has 1 heterocycles. The molecule has 442 valence electrons. The number of phenols is 2. The van der Waals surface area contributed by atoms with Crippen LogP contribution >= 0.6 is 0 Å². The van der Waals surface area contributed by atoms with Gasteiger partial charge in [0, 0.05) is 30.9 Å². The SMILES string of the molecule is CCCCCCCCCCCCCCCCCC(=O)Oc1c(-c2ccc(O)cc2)oc2cc(O)c(C(=O)CCCCCCCCCCCCCCCCC)c(OC(=O)CCCCCCCCCCCCCCCCC)c2c1=O. The molecule has 78 heavy (non-hydrogen) atoms. The zero-order valence-electron chi connectivity index (χ0n) is 50.1. The van der Waals surface area contributed by atoms with Crippen molar-refractivity contribution >= 4 is 28.7 Å². The molecule has 3 rings (SSSR count). The summed E-state index contributed by atoms with van der Waals surface area (Å²) < 4.78 is 18.3. The summed E-state index contributed by atoms with van der Waals surface area (Å²) in [6, 6.07) is 7.16. The van der Waals surface area contributed by atoms with Crippen LogP contribution < -0.4 is 14.9 Å². The van der Waals surface area contributed by atoms with Crippen LogP contribution in [0.1, 0.15) is 339 Å². The Morgan fingerprint density at radius 2 is 0.692 bits per heavy atom. The Bertz CT molecular complexity index is 2070. The fourth-order valence-corrected chi connectivity index (χ4v) is 11.0. The summed E-state index contributed by atoms with van der Waals surface area (Å²) in [5.41, 5.74) is -0.806. The van der Waals surface area contributed by atoms with Crippen LogP contribution in [0.15, 0.2) is 39.5 Å². The molecule has 0 amide bonds. The highest BCUT2D eigenvalue weighted by Crippen LogP contribution is 2.41. The molecule has 1 aromatic heterocycles. The van der Waals surface area contributed by atoms with Gasteiger partial charge in [-0.1, -0.05) is 290 Å². The molecule has 0 bridgehead atoms. The normalized spacial score (nSPS) is 11.5. The number of benzene rings is 2. The maximum Gasteiger partial charge on any atom is 0.311 e. The highest BCUT2D eigenvalue weighted by molar-refractivity contribution is 6.08. The zero-order chi connectivity index (χ0) is 56.1. The van der Waals surface area contributed by atoms with E-state index in [0.29, 0.717) is 24.8 Å². The lowest BCUT2D eigenvalue weighted by atomic mass is 9.98. The first-order chi connectivity index (χ1) is 38.2. The Morgan fingerprint density at radius 1 is 0.397 bits per heavy atom. The van der Waals surface area contributed by atoms with E-state index in [1.54, 1.807) is 12.1 Å². The average molecular weight is 1090 g/mol. The van der Waals surface area contributed by atoms with Gasteiger partial charge in [0.25, 0.3) is 0 Å². The van der Waals surface area contributed by atoms with E-state index in [9.17, 15) is 29.4 Å². The van der Waals surface area contributed by atoms with E-state index in [2.05, 4.69) is 20.8 Å². The van der Waals surface area contributed by atoms with Crippen LogP contribution in [-0.4, -0.2) is 27.9 Å². The van der Waals surface area contributed by atoms with Gasteiger partial charge >= 0.3 is 11.9 Å². The van der Waals surface area contributed by atoms with Gasteiger partial charge in [-0.15, -0.1) is 0 Å². The lowest BCUT2D eigenvalue weighted by molar-refractivity contribution is -0.135. The fraction of sp³-hybridized carbons (Fsp3) is 0.739. The highest BCUT2D eigenvalue weighted by atomic mass is 16.5. The Hall–Kier alpha value is -4.14. The van der Waals surface area contributed by atoms with Crippen LogP contribution in [0.4, 0.5) is 0 Å². The predicted molar refractivity (Wildman–Crippen MR) is 325 cm³/mol. The van der Waals surface area contributed by atoms with Crippen molar-refractivity contribution in [3.63, 3.8) is 0 Å². The van der Waals surface area contributed by atoms with Gasteiger partial charge in [0.1, 0.15) is 28.0 Å². The predicted octanol–water partition coefficient (Wildman–Crippen LogP) is 21.6. The molecule has 9 nitrogen and oxygen atoms in total. The highest BCUT2D eigenvalue weighted by Gasteiger charge is 2.30. The topological polar surface area (TPSA) is 140 Å². The molecule has 3 aromatic rings. The maximum atomic E-state index is 14.9. The Labute approximate surface area is 474 Å². The van der Waals surface area contributed by atoms with E-state index >= 15 is 0 Å².